The molecule has 0 aliphatic rings. The normalized spacial score (nSPS) is 10.6. The van der Waals surface area contributed by atoms with Crippen LogP contribution in [-0.2, 0) is 0 Å². The molecule has 2 aromatic carbocycles. The van der Waals surface area contributed by atoms with E-state index in [-0.39, 0.29) is 5.91 Å². The van der Waals surface area contributed by atoms with Gasteiger partial charge in [0, 0.05) is 17.1 Å². The maximum Gasteiger partial charge on any atom is 0.253 e. The molecule has 25 heavy (non-hydrogen) atoms. The minimum Gasteiger partial charge on any atom is -0.354 e. The molecule has 2 N–H and O–H groups in total. The van der Waals surface area contributed by atoms with Crippen LogP contribution in [0.1, 0.15) is 23.7 Å². The Balaban J connectivity index is 2.02. The van der Waals surface area contributed by atoms with Gasteiger partial charge in [-0.1, -0.05) is 49.4 Å². The van der Waals surface area contributed by atoms with Crippen molar-refractivity contribution in [2.24, 2.45) is 0 Å². The fraction of sp³-hybridized carbons (Fsp3) is 0.190. The minimum absolute atomic E-state index is 0.0380. The van der Waals surface area contributed by atoms with Gasteiger partial charge in [-0.25, -0.2) is 0 Å². The summed E-state index contributed by atoms with van der Waals surface area (Å²) < 4.78 is 0. The van der Waals surface area contributed by atoms with Gasteiger partial charge in [-0.2, -0.15) is 0 Å². The monoisotopic (exact) mass is 350 g/mol. The average molecular weight is 350 g/mol. The summed E-state index contributed by atoms with van der Waals surface area (Å²) in [4.78, 5) is 17.3. The van der Waals surface area contributed by atoms with Gasteiger partial charge < -0.3 is 10.3 Å². The lowest BCUT2D eigenvalue weighted by Gasteiger charge is -2.05. The van der Waals surface area contributed by atoms with Gasteiger partial charge in [0.15, 0.2) is 0 Å². The first-order valence-electron chi connectivity index (χ1n) is 8.44. The highest BCUT2D eigenvalue weighted by Crippen LogP contribution is 2.30. The summed E-state index contributed by atoms with van der Waals surface area (Å²) in [5, 5.41) is 2.98. The van der Waals surface area contributed by atoms with Gasteiger partial charge in [-0.05, 0) is 42.0 Å². The summed E-state index contributed by atoms with van der Waals surface area (Å²) >= 11 is 1.72. The lowest BCUT2D eigenvalue weighted by atomic mass is 10.1. The van der Waals surface area contributed by atoms with Crippen LogP contribution in [0.3, 0.4) is 0 Å². The molecule has 3 rings (SSSR count). The predicted molar refractivity (Wildman–Crippen MR) is 106 cm³/mol. The molecular formula is C21H22N2OS. The van der Waals surface area contributed by atoms with E-state index < -0.39 is 0 Å². The number of rotatable bonds is 6. The lowest BCUT2D eigenvalue weighted by Crippen LogP contribution is -2.24. The lowest BCUT2D eigenvalue weighted by molar-refractivity contribution is 0.0954. The molecule has 1 heterocycles. The summed E-state index contributed by atoms with van der Waals surface area (Å²) in [5.41, 5.74) is 4.58. The van der Waals surface area contributed by atoms with Crippen molar-refractivity contribution in [1.29, 1.82) is 0 Å². The summed E-state index contributed by atoms with van der Waals surface area (Å²) in [5.74, 6) is -0.0380. The summed E-state index contributed by atoms with van der Waals surface area (Å²) in [6.45, 7) is 2.73. The number of nitrogens with one attached hydrogen (secondary N) is 2. The number of amides is 1. The van der Waals surface area contributed by atoms with E-state index in [1.165, 1.54) is 4.90 Å². The Bertz CT molecular complexity index is 838. The molecule has 0 saturated carbocycles. The predicted octanol–water partition coefficient (Wildman–Crippen LogP) is 5.21. The van der Waals surface area contributed by atoms with Gasteiger partial charge in [-0.15, -0.1) is 11.8 Å². The van der Waals surface area contributed by atoms with Crippen molar-refractivity contribution in [2.75, 3.05) is 12.8 Å². The summed E-state index contributed by atoms with van der Waals surface area (Å²) in [6, 6.07) is 20.3. The molecule has 0 aliphatic carbocycles. The second kappa shape index (κ2) is 8.08. The molecule has 0 aliphatic heterocycles. The van der Waals surface area contributed by atoms with E-state index in [0.717, 1.165) is 28.9 Å². The fourth-order valence-electron chi connectivity index (χ4n) is 2.73. The molecule has 0 saturated heterocycles. The first-order valence-corrected chi connectivity index (χ1v) is 9.66. The second-order valence-corrected chi connectivity index (χ2v) is 6.70. The van der Waals surface area contributed by atoms with Crippen LogP contribution in [-0.4, -0.2) is 23.7 Å². The van der Waals surface area contributed by atoms with Crippen molar-refractivity contribution in [3.8, 4) is 22.5 Å². The van der Waals surface area contributed by atoms with Crippen molar-refractivity contribution in [1.82, 2.24) is 10.3 Å². The van der Waals surface area contributed by atoms with Gasteiger partial charge in [-0.3, -0.25) is 4.79 Å². The number of aromatic nitrogens is 1. The molecule has 0 spiro atoms. The number of thioether (sulfide) groups is 1. The van der Waals surface area contributed by atoms with E-state index in [1.807, 2.05) is 43.3 Å². The molecule has 0 radical (unpaired) electrons. The standard InChI is InChI=1S/C21H22N2OS/c1-3-13-22-21(24)18-14-19(15-9-11-17(25-2)12-10-15)23-20(18)16-7-5-4-6-8-16/h4-12,14,23H,3,13H2,1-2H3,(H,22,24). The number of benzene rings is 2. The van der Waals surface area contributed by atoms with Crippen molar-refractivity contribution in [2.45, 2.75) is 18.2 Å². The van der Waals surface area contributed by atoms with E-state index in [1.54, 1.807) is 11.8 Å². The van der Waals surface area contributed by atoms with Gasteiger partial charge in [0.25, 0.3) is 5.91 Å². The number of H-pyrrole nitrogens is 1. The first-order chi connectivity index (χ1) is 12.2. The molecule has 0 bridgehead atoms. The number of hydrogen-bond acceptors (Lipinski definition) is 2. The summed E-state index contributed by atoms with van der Waals surface area (Å²) in [6.07, 6.45) is 2.98. The molecule has 3 aromatic rings. The average Bonchev–Trinajstić information content (AvgIpc) is 3.12. The topological polar surface area (TPSA) is 44.9 Å². The van der Waals surface area contributed by atoms with Crippen LogP contribution in [0.25, 0.3) is 22.5 Å². The van der Waals surface area contributed by atoms with Crippen LogP contribution in [0, 0.1) is 0 Å². The Morgan fingerprint density at radius 3 is 2.40 bits per heavy atom. The molecule has 128 valence electrons. The van der Waals surface area contributed by atoms with E-state index in [9.17, 15) is 4.79 Å². The van der Waals surface area contributed by atoms with Gasteiger partial charge >= 0.3 is 0 Å². The van der Waals surface area contributed by atoms with Crippen LogP contribution in [0.15, 0.2) is 65.6 Å². The Labute approximate surface area is 152 Å². The summed E-state index contributed by atoms with van der Waals surface area (Å²) in [7, 11) is 0. The third-order valence-corrected chi connectivity index (χ3v) is 4.80. The van der Waals surface area contributed by atoms with Crippen LogP contribution in [0.4, 0.5) is 0 Å². The first kappa shape index (κ1) is 17.4. The Kier molecular flexibility index (Phi) is 5.61. The molecule has 0 unspecified atom stereocenters. The zero-order chi connectivity index (χ0) is 17.6. The molecule has 3 nitrogen and oxygen atoms in total. The van der Waals surface area contributed by atoms with Crippen molar-refractivity contribution in [3.05, 3.63) is 66.2 Å². The van der Waals surface area contributed by atoms with Crippen LogP contribution in [0.2, 0.25) is 0 Å². The number of hydrogen-bond donors (Lipinski definition) is 2. The van der Waals surface area contributed by atoms with Crippen molar-refractivity contribution >= 4 is 17.7 Å². The minimum atomic E-state index is -0.0380. The van der Waals surface area contributed by atoms with E-state index in [2.05, 4.69) is 40.8 Å². The second-order valence-electron chi connectivity index (χ2n) is 5.82. The third-order valence-electron chi connectivity index (χ3n) is 4.06. The maximum absolute atomic E-state index is 12.6. The van der Waals surface area contributed by atoms with E-state index in [0.29, 0.717) is 12.1 Å². The van der Waals surface area contributed by atoms with Gasteiger partial charge in [0.1, 0.15) is 0 Å². The molecule has 1 aromatic heterocycles. The number of carbonyl (C=O) groups is 1. The Morgan fingerprint density at radius 1 is 1.04 bits per heavy atom. The van der Waals surface area contributed by atoms with Crippen LogP contribution in [0.5, 0.6) is 0 Å². The Morgan fingerprint density at radius 2 is 1.76 bits per heavy atom. The fourth-order valence-corrected chi connectivity index (χ4v) is 3.13. The highest BCUT2D eigenvalue weighted by atomic mass is 32.2. The molecule has 0 fully saturated rings. The molecular weight excluding hydrogens is 328 g/mol. The van der Waals surface area contributed by atoms with E-state index >= 15 is 0 Å². The quantitative estimate of drug-likeness (QED) is 0.599. The molecule has 1 amide bonds. The zero-order valence-corrected chi connectivity index (χ0v) is 15.3. The molecule has 0 atom stereocenters. The Hall–Kier alpha value is -2.46. The smallest absolute Gasteiger partial charge is 0.253 e. The zero-order valence-electron chi connectivity index (χ0n) is 14.5. The number of carbonyl (C=O) groups excluding carboxylic acids is 1. The highest BCUT2D eigenvalue weighted by molar-refractivity contribution is 7.98. The van der Waals surface area contributed by atoms with Gasteiger partial charge in [0.2, 0.25) is 0 Å². The maximum atomic E-state index is 12.6. The largest absolute Gasteiger partial charge is 0.354 e. The molecule has 4 heteroatoms. The number of aromatic amines is 1. The van der Waals surface area contributed by atoms with Crippen molar-refractivity contribution in [3.63, 3.8) is 0 Å². The van der Waals surface area contributed by atoms with Crippen LogP contribution >= 0.6 is 11.8 Å². The van der Waals surface area contributed by atoms with Crippen LogP contribution < -0.4 is 5.32 Å². The SMILES string of the molecule is CCCNC(=O)c1cc(-c2ccc(SC)cc2)[nH]c1-c1ccccc1. The van der Waals surface area contributed by atoms with E-state index in [4.69, 9.17) is 0 Å². The van der Waals surface area contributed by atoms with Crippen molar-refractivity contribution < 1.29 is 4.79 Å². The third kappa shape index (κ3) is 3.97. The highest BCUT2D eigenvalue weighted by Gasteiger charge is 2.17. The van der Waals surface area contributed by atoms with Gasteiger partial charge in [0.05, 0.1) is 11.3 Å².